The molecule has 0 bridgehead atoms. The van der Waals surface area contributed by atoms with Gasteiger partial charge in [-0.25, -0.2) is 0 Å². The molecule has 0 heterocycles. The van der Waals surface area contributed by atoms with Crippen LogP contribution in [-0.4, -0.2) is 10.2 Å². The number of aromatic hydroxyl groups is 2. The first-order valence-corrected chi connectivity index (χ1v) is 4.28. The molecule has 3 nitrogen and oxygen atoms in total. The lowest BCUT2D eigenvalue weighted by Crippen LogP contribution is -2.31. The fourth-order valence-corrected chi connectivity index (χ4v) is 1.13. The lowest BCUT2D eigenvalue weighted by molar-refractivity contribution is 0.432. The average molecular weight is 181 g/mol. The number of phenolic OH excluding ortho intramolecular Hbond substituents is 2. The van der Waals surface area contributed by atoms with E-state index in [4.69, 9.17) is 5.73 Å². The first kappa shape index (κ1) is 9.86. The molecular formula is C10H15NO2. The molecule has 0 saturated carbocycles. The monoisotopic (exact) mass is 181 g/mol. The van der Waals surface area contributed by atoms with Crippen molar-refractivity contribution < 1.29 is 10.2 Å². The van der Waals surface area contributed by atoms with Crippen molar-refractivity contribution in [3.05, 3.63) is 23.8 Å². The van der Waals surface area contributed by atoms with E-state index in [1.807, 2.05) is 13.8 Å². The molecule has 1 atom stereocenters. The SMILES string of the molecule is CCC(C)(N)c1cc(O)cc(O)c1. The maximum absolute atomic E-state index is 9.24. The van der Waals surface area contributed by atoms with E-state index >= 15 is 0 Å². The fraction of sp³-hybridized carbons (Fsp3) is 0.400. The zero-order chi connectivity index (χ0) is 10.1. The Morgan fingerprint density at radius 2 is 1.69 bits per heavy atom. The van der Waals surface area contributed by atoms with Crippen LogP contribution in [0.4, 0.5) is 0 Å². The van der Waals surface area contributed by atoms with Crippen molar-refractivity contribution in [1.82, 2.24) is 0 Å². The molecule has 13 heavy (non-hydrogen) atoms. The van der Waals surface area contributed by atoms with Crippen LogP contribution in [0.5, 0.6) is 11.5 Å². The van der Waals surface area contributed by atoms with Crippen molar-refractivity contribution >= 4 is 0 Å². The Morgan fingerprint density at radius 3 is 2.08 bits per heavy atom. The summed E-state index contributed by atoms with van der Waals surface area (Å²) in [7, 11) is 0. The maximum Gasteiger partial charge on any atom is 0.119 e. The summed E-state index contributed by atoms with van der Waals surface area (Å²) in [5, 5.41) is 18.5. The topological polar surface area (TPSA) is 66.5 Å². The average Bonchev–Trinajstić information content (AvgIpc) is 2.02. The standard InChI is InChI=1S/C10H15NO2/c1-3-10(2,11)7-4-8(12)6-9(13)5-7/h4-6,12-13H,3,11H2,1-2H3. The van der Waals surface area contributed by atoms with Crippen LogP contribution in [0.15, 0.2) is 18.2 Å². The number of hydrogen-bond acceptors (Lipinski definition) is 3. The van der Waals surface area contributed by atoms with Gasteiger partial charge >= 0.3 is 0 Å². The highest BCUT2D eigenvalue weighted by Gasteiger charge is 2.19. The minimum Gasteiger partial charge on any atom is -0.508 e. The Balaban J connectivity index is 3.15. The number of benzene rings is 1. The van der Waals surface area contributed by atoms with Crippen LogP contribution in [-0.2, 0) is 5.54 Å². The zero-order valence-electron chi connectivity index (χ0n) is 7.91. The summed E-state index contributed by atoms with van der Waals surface area (Å²) >= 11 is 0. The molecule has 0 aromatic heterocycles. The van der Waals surface area contributed by atoms with Crippen LogP contribution in [0.2, 0.25) is 0 Å². The molecule has 0 aliphatic heterocycles. The highest BCUT2D eigenvalue weighted by Crippen LogP contribution is 2.28. The summed E-state index contributed by atoms with van der Waals surface area (Å²) in [5.41, 5.74) is 6.19. The van der Waals surface area contributed by atoms with Gasteiger partial charge in [0.2, 0.25) is 0 Å². The van der Waals surface area contributed by atoms with Crippen molar-refractivity contribution in [2.24, 2.45) is 5.73 Å². The van der Waals surface area contributed by atoms with E-state index in [0.717, 1.165) is 12.0 Å². The molecule has 1 aromatic rings. The van der Waals surface area contributed by atoms with Crippen molar-refractivity contribution in [1.29, 1.82) is 0 Å². The van der Waals surface area contributed by atoms with Crippen molar-refractivity contribution in [3.63, 3.8) is 0 Å². The van der Waals surface area contributed by atoms with E-state index in [1.54, 1.807) is 12.1 Å². The van der Waals surface area contributed by atoms with Gasteiger partial charge in [0.05, 0.1) is 0 Å². The molecule has 0 saturated heterocycles. The molecule has 0 radical (unpaired) electrons. The van der Waals surface area contributed by atoms with Crippen molar-refractivity contribution in [2.75, 3.05) is 0 Å². The second-order valence-electron chi connectivity index (χ2n) is 3.51. The van der Waals surface area contributed by atoms with E-state index in [-0.39, 0.29) is 11.5 Å². The Hall–Kier alpha value is -1.22. The van der Waals surface area contributed by atoms with Crippen molar-refractivity contribution in [3.8, 4) is 11.5 Å². The summed E-state index contributed by atoms with van der Waals surface area (Å²) in [6.07, 6.45) is 0.746. The predicted molar refractivity (Wildman–Crippen MR) is 51.6 cm³/mol. The van der Waals surface area contributed by atoms with Gasteiger partial charge in [-0.2, -0.15) is 0 Å². The van der Waals surface area contributed by atoms with Gasteiger partial charge in [0.15, 0.2) is 0 Å². The van der Waals surface area contributed by atoms with Crippen molar-refractivity contribution in [2.45, 2.75) is 25.8 Å². The lowest BCUT2D eigenvalue weighted by atomic mass is 9.90. The summed E-state index contributed by atoms with van der Waals surface area (Å²) in [6, 6.07) is 4.43. The van der Waals surface area contributed by atoms with Crippen LogP contribution in [0.3, 0.4) is 0 Å². The molecule has 1 unspecified atom stereocenters. The minimum atomic E-state index is -0.504. The Labute approximate surface area is 77.8 Å². The minimum absolute atomic E-state index is 0.0418. The van der Waals surface area contributed by atoms with Gasteiger partial charge in [0, 0.05) is 11.6 Å². The molecule has 1 aromatic carbocycles. The molecule has 0 amide bonds. The molecule has 1 rings (SSSR count). The number of hydrogen-bond donors (Lipinski definition) is 3. The molecule has 0 spiro atoms. The Bertz CT molecular complexity index is 288. The maximum atomic E-state index is 9.24. The van der Waals surface area contributed by atoms with Crippen LogP contribution < -0.4 is 5.73 Å². The van der Waals surface area contributed by atoms with Gasteiger partial charge in [-0.3, -0.25) is 0 Å². The van der Waals surface area contributed by atoms with Gasteiger partial charge in [-0.15, -0.1) is 0 Å². The number of phenols is 2. The second kappa shape index (κ2) is 3.26. The molecule has 3 heteroatoms. The van der Waals surface area contributed by atoms with E-state index < -0.39 is 5.54 Å². The van der Waals surface area contributed by atoms with Crippen LogP contribution >= 0.6 is 0 Å². The predicted octanol–water partition coefficient (Wildman–Crippen LogP) is 1.68. The van der Waals surface area contributed by atoms with Gasteiger partial charge in [-0.1, -0.05) is 6.92 Å². The highest BCUT2D eigenvalue weighted by molar-refractivity contribution is 5.39. The molecule has 0 aliphatic carbocycles. The molecule has 0 fully saturated rings. The molecular weight excluding hydrogens is 166 g/mol. The fourth-order valence-electron chi connectivity index (χ4n) is 1.13. The first-order chi connectivity index (χ1) is 5.95. The summed E-state index contributed by atoms with van der Waals surface area (Å²) in [6.45, 7) is 3.82. The quantitative estimate of drug-likeness (QED) is 0.650. The molecule has 72 valence electrons. The van der Waals surface area contributed by atoms with Gasteiger partial charge in [0.1, 0.15) is 11.5 Å². The largest absolute Gasteiger partial charge is 0.508 e. The smallest absolute Gasteiger partial charge is 0.119 e. The van der Waals surface area contributed by atoms with E-state index in [0.29, 0.717) is 0 Å². The second-order valence-corrected chi connectivity index (χ2v) is 3.51. The molecule has 4 N–H and O–H groups in total. The lowest BCUT2D eigenvalue weighted by Gasteiger charge is -2.23. The Kier molecular flexibility index (Phi) is 2.48. The van der Waals surface area contributed by atoms with E-state index in [9.17, 15) is 10.2 Å². The third kappa shape index (κ3) is 2.12. The van der Waals surface area contributed by atoms with Gasteiger partial charge < -0.3 is 15.9 Å². The summed E-state index contributed by atoms with van der Waals surface area (Å²) < 4.78 is 0. The first-order valence-electron chi connectivity index (χ1n) is 4.28. The third-order valence-corrected chi connectivity index (χ3v) is 2.30. The normalized spacial score (nSPS) is 15.3. The van der Waals surface area contributed by atoms with Crippen LogP contribution in [0.25, 0.3) is 0 Å². The summed E-state index contributed by atoms with van der Waals surface area (Å²) in [4.78, 5) is 0. The molecule has 0 aliphatic rings. The van der Waals surface area contributed by atoms with E-state index in [1.165, 1.54) is 6.07 Å². The van der Waals surface area contributed by atoms with Gasteiger partial charge in [0.25, 0.3) is 0 Å². The summed E-state index contributed by atoms with van der Waals surface area (Å²) in [5.74, 6) is 0.0836. The third-order valence-electron chi connectivity index (χ3n) is 2.30. The zero-order valence-corrected chi connectivity index (χ0v) is 7.91. The van der Waals surface area contributed by atoms with Gasteiger partial charge in [-0.05, 0) is 31.0 Å². The van der Waals surface area contributed by atoms with Crippen LogP contribution in [0, 0.1) is 0 Å². The number of rotatable bonds is 2. The van der Waals surface area contributed by atoms with E-state index in [2.05, 4.69) is 0 Å². The Morgan fingerprint density at radius 1 is 1.23 bits per heavy atom. The number of nitrogens with two attached hydrogens (primary N) is 1. The van der Waals surface area contributed by atoms with Crippen LogP contribution in [0.1, 0.15) is 25.8 Å². The highest BCUT2D eigenvalue weighted by atomic mass is 16.3.